The molecule has 0 aliphatic heterocycles. The second-order valence-electron chi connectivity index (χ2n) is 6.35. The molecule has 0 aliphatic rings. The van der Waals surface area contributed by atoms with Crippen LogP contribution < -0.4 is 18.9 Å². The molecule has 0 bridgehead atoms. The van der Waals surface area contributed by atoms with E-state index in [-0.39, 0.29) is 24.7 Å². The third-order valence-electron chi connectivity index (χ3n) is 4.12. The van der Waals surface area contributed by atoms with Crippen LogP contribution in [-0.2, 0) is 22.3 Å². The first-order valence-corrected chi connectivity index (χ1v) is 10.5. The highest BCUT2D eigenvalue weighted by atomic mass is 31.2. The summed E-state index contributed by atoms with van der Waals surface area (Å²) in [6.45, 7) is -2.67. The molecule has 0 radical (unpaired) electrons. The number of hydrogen-bond acceptors (Lipinski definition) is 8. The van der Waals surface area contributed by atoms with E-state index < -0.39 is 20.6 Å². The van der Waals surface area contributed by atoms with E-state index in [9.17, 15) is 32.8 Å². The third-order valence-corrected chi connectivity index (χ3v) is 4.99. The minimum Gasteiger partial charge on any atom is -0.746 e. The van der Waals surface area contributed by atoms with Crippen molar-refractivity contribution < 1.29 is 51.4 Å². The van der Waals surface area contributed by atoms with Crippen LogP contribution in [0, 0.1) is 0 Å². The topological polar surface area (TPSA) is 118 Å². The molecule has 0 heterocycles. The molecule has 2 rings (SSSR count). The minimum absolute atomic E-state index is 0.0367. The van der Waals surface area contributed by atoms with Crippen molar-refractivity contribution in [1.29, 1.82) is 0 Å². The van der Waals surface area contributed by atoms with Gasteiger partial charge in [0.2, 0.25) is 0 Å². The number of rotatable bonds is 10. The largest absolute Gasteiger partial charge is 0.746 e. The molecule has 0 aromatic heterocycles. The summed E-state index contributed by atoms with van der Waals surface area (Å²) < 4.78 is 67.2. The van der Waals surface area contributed by atoms with Gasteiger partial charge in [0, 0.05) is 5.56 Å². The van der Waals surface area contributed by atoms with Gasteiger partial charge in [0.25, 0.3) is 0 Å². The highest BCUT2D eigenvalue weighted by molar-refractivity contribution is 7.46. The zero-order valence-electron chi connectivity index (χ0n) is 17.1. The van der Waals surface area contributed by atoms with Crippen LogP contribution in [0.25, 0.3) is 12.2 Å². The van der Waals surface area contributed by atoms with Crippen molar-refractivity contribution in [2.75, 3.05) is 20.8 Å². The van der Waals surface area contributed by atoms with Gasteiger partial charge in [-0.3, -0.25) is 9.09 Å². The molecular formula is C20H21F3O8P-. The molecule has 0 amide bonds. The van der Waals surface area contributed by atoms with E-state index in [0.29, 0.717) is 28.0 Å². The first-order valence-electron chi connectivity index (χ1n) is 9.01. The van der Waals surface area contributed by atoms with Crippen LogP contribution in [0.3, 0.4) is 0 Å². The van der Waals surface area contributed by atoms with E-state index in [1.165, 1.54) is 26.4 Å². The van der Waals surface area contributed by atoms with Gasteiger partial charge in [-0.05, 0) is 41.0 Å². The van der Waals surface area contributed by atoms with Crippen LogP contribution in [0.15, 0.2) is 30.3 Å². The maximum absolute atomic E-state index is 12.2. The fourth-order valence-corrected chi connectivity index (χ4v) is 3.43. The summed E-state index contributed by atoms with van der Waals surface area (Å²) in [7, 11) is -2.67. The molecule has 176 valence electrons. The summed E-state index contributed by atoms with van der Waals surface area (Å²) in [5.41, 5.74) is 1.92. The van der Waals surface area contributed by atoms with Crippen molar-refractivity contribution in [2.45, 2.75) is 19.4 Å². The molecular weight excluding hydrogens is 456 g/mol. The zero-order chi connectivity index (χ0) is 23.9. The summed E-state index contributed by atoms with van der Waals surface area (Å²) in [4.78, 5) is 11.8. The quantitative estimate of drug-likeness (QED) is 0.396. The summed E-state index contributed by atoms with van der Waals surface area (Å²) in [5, 5.41) is 19.0. The maximum atomic E-state index is 12.2. The number of halogens is 3. The lowest BCUT2D eigenvalue weighted by Crippen LogP contribution is -2.20. The van der Waals surface area contributed by atoms with Gasteiger partial charge in [-0.15, -0.1) is 0 Å². The van der Waals surface area contributed by atoms with E-state index in [0.717, 1.165) is 0 Å². The smallest absolute Gasteiger partial charge is 0.412 e. The van der Waals surface area contributed by atoms with Crippen LogP contribution in [0.4, 0.5) is 13.2 Å². The number of ether oxygens (including phenoxy) is 2. The van der Waals surface area contributed by atoms with Gasteiger partial charge < -0.3 is 29.1 Å². The Morgan fingerprint density at radius 1 is 0.969 bits per heavy atom. The van der Waals surface area contributed by atoms with Crippen molar-refractivity contribution in [2.24, 2.45) is 0 Å². The molecule has 0 aliphatic carbocycles. The second-order valence-corrected chi connectivity index (χ2v) is 7.68. The third kappa shape index (κ3) is 7.25. The number of phosphoric ester groups is 1. The molecule has 1 atom stereocenters. The standard InChI is InChI=1S/C20H22F3O8P/c1-28-17-6-5-13(8-19(17)31-32(26,27)30-12-20(21,22)23)3-4-14-7-15(10-24)16(11-25)18(9-14)29-2/h3-9,24-25H,10-12H2,1-2H3,(H,26,27)/p-1/b4-3-. The maximum Gasteiger partial charge on any atom is 0.412 e. The van der Waals surface area contributed by atoms with Crippen molar-refractivity contribution in [3.05, 3.63) is 52.6 Å². The van der Waals surface area contributed by atoms with E-state index in [2.05, 4.69) is 9.05 Å². The lowest BCUT2D eigenvalue weighted by atomic mass is 10.0. The molecule has 32 heavy (non-hydrogen) atoms. The lowest BCUT2D eigenvalue weighted by molar-refractivity contribution is -0.232. The molecule has 0 fully saturated rings. The van der Waals surface area contributed by atoms with E-state index in [4.69, 9.17) is 9.47 Å². The molecule has 1 unspecified atom stereocenters. The first-order chi connectivity index (χ1) is 15.0. The van der Waals surface area contributed by atoms with E-state index in [1.807, 2.05) is 0 Å². The van der Waals surface area contributed by atoms with E-state index in [1.54, 1.807) is 30.4 Å². The fourth-order valence-electron chi connectivity index (χ4n) is 2.69. The minimum atomic E-state index is -5.32. The van der Waals surface area contributed by atoms with Crippen LogP contribution in [-0.4, -0.2) is 37.2 Å². The fraction of sp³-hybridized carbons (Fsp3) is 0.300. The van der Waals surface area contributed by atoms with Gasteiger partial charge in [-0.1, -0.05) is 18.2 Å². The van der Waals surface area contributed by atoms with Gasteiger partial charge in [-0.25, -0.2) is 0 Å². The van der Waals surface area contributed by atoms with Gasteiger partial charge in [0.05, 0.1) is 27.4 Å². The monoisotopic (exact) mass is 477 g/mol. The summed E-state index contributed by atoms with van der Waals surface area (Å²) in [6, 6.07) is 7.42. The van der Waals surface area contributed by atoms with Gasteiger partial charge in [0.1, 0.15) is 5.75 Å². The Labute approximate surface area is 182 Å². The average molecular weight is 477 g/mol. The Bertz CT molecular complexity index is 982. The zero-order valence-corrected chi connectivity index (χ0v) is 18.0. The van der Waals surface area contributed by atoms with Crippen LogP contribution >= 0.6 is 7.82 Å². The number of methoxy groups -OCH3 is 2. The Morgan fingerprint density at radius 3 is 2.16 bits per heavy atom. The summed E-state index contributed by atoms with van der Waals surface area (Å²) in [5.74, 6) is -0.0312. The lowest BCUT2D eigenvalue weighted by Gasteiger charge is -2.24. The Hall–Kier alpha value is -2.56. The van der Waals surface area contributed by atoms with Gasteiger partial charge in [-0.2, -0.15) is 13.2 Å². The Kier molecular flexibility index (Phi) is 8.71. The molecule has 2 aromatic carbocycles. The first kappa shape index (κ1) is 25.7. The average Bonchev–Trinajstić information content (AvgIpc) is 2.75. The predicted octanol–water partition coefficient (Wildman–Crippen LogP) is 3.28. The highest BCUT2D eigenvalue weighted by Gasteiger charge is 2.31. The molecule has 0 saturated heterocycles. The molecule has 2 N–H and O–H groups in total. The number of hydrogen-bond donors (Lipinski definition) is 2. The van der Waals surface area contributed by atoms with Gasteiger partial charge in [0.15, 0.2) is 18.1 Å². The van der Waals surface area contributed by atoms with Crippen molar-refractivity contribution in [3.8, 4) is 17.2 Å². The molecule has 2 aromatic rings. The normalized spacial score (nSPS) is 13.8. The van der Waals surface area contributed by atoms with E-state index >= 15 is 0 Å². The summed E-state index contributed by atoms with van der Waals surface area (Å²) in [6.07, 6.45) is -1.67. The molecule has 0 spiro atoms. The van der Waals surface area contributed by atoms with Crippen molar-refractivity contribution >= 4 is 20.0 Å². The highest BCUT2D eigenvalue weighted by Crippen LogP contribution is 2.44. The number of phosphoric acid groups is 1. The van der Waals surface area contributed by atoms with Crippen molar-refractivity contribution in [1.82, 2.24) is 0 Å². The van der Waals surface area contributed by atoms with Crippen LogP contribution in [0.2, 0.25) is 0 Å². The predicted molar refractivity (Wildman–Crippen MR) is 107 cm³/mol. The summed E-state index contributed by atoms with van der Waals surface area (Å²) >= 11 is 0. The van der Waals surface area contributed by atoms with Crippen molar-refractivity contribution in [3.63, 3.8) is 0 Å². The number of aliphatic hydroxyl groups is 2. The van der Waals surface area contributed by atoms with Crippen LogP contribution in [0.5, 0.6) is 17.2 Å². The number of aliphatic hydroxyl groups excluding tert-OH is 2. The number of alkyl halides is 3. The van der Waals surface area contributed by atoms with Crippen LogP contribution in [0.1, 0.15) is 22.3 Å². The number of benzene rings is 2. The second kappa shape index (κ2) is 10.8. The Balaban J connectivity index is 2.31. The van der Waals surface area contributed by atoms with Gasteiger partial charge >= 0.3 is 14.0 Å². The molecule has 8 nitrogen and oxygen atoms in total. The SMILES string of the molecule is COc1ccc(/C=C\c2cc(CO)c(CO)c(OC)c2)cc1OP(=O)([O-])OCC(F)(F)F. The Morgan fingerprint density at radius 2 is 1.59 bits per heavy atom. The molecule has 12 heteroatoms. The molecule has 0 saturated carbocycles.